The van der Waals surface area contributed by atoms with E-state index in [4.69, 9.17) is 32.7 Å². The number of aryl methyl sites for hydroxylation is 2. The zero-order valence-corrected chi connectivity index (χ0v) is 12.7. The molecule has 0 atom stereocenters. The molecule has 0 radical (unpaired) electrons. The first kappa shape index (κ1) is 15.4. The number of carboxylic acid groups (broad SMARTS) is 1. The lowest BCUT2D eigenvalue weighted by Gasteiger charge is -2.10. The van der Waals surface area contributed by atoms with E-state index in [0.717, 1.165) is 0 Å². The quantitative estimate of drug-likeness (QED) is 0.887. The van der Waals surface area contributed by atoms with Crippen LogP contribution in [0.2, 0.25) is 10.0 Å². The Morgan fingerprint density at radius 3 is 2.33 bits per heavy atom. The summed E-state index contributed by atoms with van der Waals surface area (Å²) >= 11 is 11.7. The lowest BCUT2D eigenvalue weighted by atomic mass is 10.1. The van der Waals surface area contributed by atoms with Gasteiger partial charge in [-0.05, 0) is 32.0 Å². The van der Waals surface area contributed by atoms with Gasteiger partial charge in [-0.25, -0.2) is 4.79 Å². The third-order valence-corrected chi connectivity index (χ3v) is 3.33. The average molecular weight is 328 g/mol. The maximum atomic E-state index is 12.2. The third-order valence-electron chi connectivity index (χ3n) is 2.81. The molecule has 2 aromatic rings. The molecule has 0 aliphatic rings. The Balaban J connectivity index is 2.42. The maximum Gasteiger partial charge on any atom is 0.337 e. The van der Waals surface area contributed by atoms with Crippen LogP contribution in [0.15, 0.2) is 22.6 Å². The summed E-state index contributed by atoms with van der Waals surface area (Å²) in [5.74, 6) is -0.726. The number of carbonyl (C=O) groups is 2. The highest BCUT2D eigenvalue weighted by atomic mass is 35.5. The van der Waals surface area contributed by atoms with E-state index in [-0.39, 0.29) is 21.3 Å². The van der Waals surface area contributed by atoms with Gasteiger partial charge in [-0.3, -0.25) is 4.79 Å². The van der Waals surface area contributed by atoms with Crippen LogP contribution in [0.5, 0.6) is 0 Å². The number of halogens is 2. The van der Waals surface area contributed by atoms with Crippen LogP contribution < -0.4 is 5.32 Å². The Kier molecular flexibility index (Phi) is 4.25. The highest BCUT2D eigenvalue weighted by molar-refractivity contribution is 6.38. The standard InChI is InChI=1S/C14H11Cl2NO4/c1-6-3-9(7(2)21-6)13(18)17-12-10(14(19)20)4-8(15)5-11(12)16/h3-5H,1-2H3,(H,17,18)(H,19,20). The molecule has 1 aromatic carbocycles. The Morgan fingerprint density at radius 1 is 1.14 bits per heavy atom. The van der Waals surface area contributed by atoms with Gasteiger partial charge >= 0.3 is 5.97 Å². The van der Waals surface area contributed by atoms with Crippen molar-refractivity contribution in [2.24, 2.45) is 0 Å². The summed E-state index contributed by atoms with van der Waals surface area (Å²) in [6.45, 7) is 3.35. The average Bonchev–Trinajstić information content (AvgIpc) is 2.71. The number of carboxylic acids is 1. The highest BCUT2D eigenvalue weighted by Gasteiger charge is 2.20. The topological polar surface area (TPSA) is 79.5 Å². The van der Waals surface area contributed by atoms with Gasteiger partial charge in [0.05, 0.1) is 21.8 Å². The van der Waals surface area contributed by atoms with Crippen LogP contribution >= 0.6 is 23.2 Å². The minimum atomic E-state index is -1.24. The molecule has 5 nitrogen and oxygen atoms in total. The Bertz CT molecular complexity index is 737. The fourth-order valence-electron chi connectivity index (χ4n) is 1.91. The lowest BCUT2D eigenvalue weighted by Crippen LogP contribution is -2.15. The van der Waals surface area contributed by atoms with E-state index in [0.29, 0.717) is 17.1 Å². The summed E-state index contributed by atoms with van der Waals surface area (Å²) in [5.41, 5.74) is 0.130. The summed E-state index contributed by atoms with van der Waals surface area (Å²) in [7, 11) is 0. The van der Waals surface area contributed by atoms with Crippen molar-refractivity contribution in [3.63, 3.8) is 0 Å². The fourth-order valence-corrected chi connectivity index (χ4v) is 2.45. The molecule has 110 valence electrons. The first-order chi connectivity index (χ1) is 9.79. The van der Waals surface area contributed by atoms with Crippen molar-refractivity contribution in [3.8, 4) is 0 Å². The summed E-state index contributed by atoms with van der Waals surface area (Å²) in [4.78, 5) is 23.4. The monoisotopic (exact) mass is 327 g/mol. The first-order valence-corrected chi connectivity index (χ1v) is 6.66. The molecular formula is C14H11Cl2NO4. The van der Waals surface area contributed by atoms with Gasteiger partial charge in [-0.15, -0.1) is 0 Å². The van der Waals surface area contributed by atoms with Crippen molar-refractivity contribution in [1.29, 1.82) is 0 Å². The van der Waals surface area contributed by atoms with Crippen molar-refractivity contribution >= 4 is 40.8 Å². The second-order valence-corrected chi connectivity index (χ2v) is 5.24. The second kappa shape index (κ2) is 5.79. The van der Waals surface area contributed by atoms with Crippen molar-refractivity contribution in [2.75, 3.05) is 5.32 Å². The number of aromatic carboxylic acids is 1. The van der Waals surface area contributed by atoms with E-state index >= 15 is 0 Å². The molecule has 0 bridgehead atoms. The summed E-state index contributed by atoms with van der Waals surface area (Å²) in [5, 5.41) is 11.9. The number of nitrogens with one attached hydrogen (secondary N) is 1. The molecular weight excluding hydrogens is 317 g/mol. The van der Waals surface area contributed by atoms with Crippen LogP contribution in [0.3, 0.4) is 0 Å². The van der Waals surface area contributed by atoms with Crippen LogP contribution in [-0.2, 0) is 0 Å². The predicted octanol–water partition coefficient (Wildman–Crippen LogP) is 4.15. The maximum absolute atomic E-state index is 12.2. The molecule has 0 spiro atoms. The number of rotatable bonds is 3. The molecule has 0 unspecified atom stereocenters. The zero-order valence-electron chi connectivity index (χ0n) is 11.2. The minimum Gasteiger partial charge on any atom is -0.478 e. The Labute approximate surface area is 130 Å². The Hall–Kier alpha value is -1.98. The Morgan fingerprint density at radius 2 is 1.81 bits per heavy atom. The van der Waals surface area contributed by atoms with Crippen molar-refractivity contribution < 1.29 is 19.1 Å². The van der Waals surface area contributed by atoms with E-state index in [9.17, 15) is 9.59 Å². The fraction of sp³-hybridized carbons (Fsp3) is 0.143. The van der Waals surface area contributed by atoms with Crippen LogP contribution in [0.1, 0.15) is 32.2 Å². The first-order valence-electron chi connectivity index (χ1n) is 5.90. The van der Waals surface area contributed by atoms with E-state index in [2.05, 4.69) is 5.32 Å². The molecule has 2 rings (SSSR count). The van der Waals surface area contributed by atoms with Crippen molar-refractivity contribution in [2.45, 2.75) is 13.8 Å². The lowest BCUT2D eigenvalue weighted by molar-refractivity contribution is 0.0698. The van der Waals surface area contributed by atoms with Crippen LogP contribution in [0.25, 0.3) is 0 Å². The van der Waals surface area contributed by atoms with Gasteiger partial charge in [0.25, 0.3) is 5.91 Å². The second-order valence-electron chi connectivity index (χ2n) is 4.40. The molecule has 0 saturated heterocycles. The van der Waals surface area contributed by atoms with Crippen molar-refractivity contribution in [3.05, 3.63) is 50.9 Å². The number of carbonyl (C=O) groups excluding carboxylic acids is 1. The molecule has 1 heterocycles. The molecule has 21 heavy (non-hydrogen) atoms. The molecule has 0 aliphatic heterocycles. The number of benzene rings is 1. The number of anilines is 1. The molecule has 7 heteroatoms. The number of hydrogen-bond donors (Lipinski definition) is 2. The number of amides is 1. The van der Waals surface area contributed by atoms with Crippen molar-refractivity contribution in [1.82, 2.24) is 0 Å². The molecule has 1 aromatic heterocycles. The smallest absolute Gasteiger partial charge is 0.337 e. The third kappa shape index (κ3) is 3.20. The molecule has 0 aliphatic carbocycles. The van der Waals surface area contributed by atoms with Crippen LogP contribution in [0.4, 0.5) is 5.69 Å². The predicted molar refractivity (Wildman–Crippen MR) is 79.6 cm³/mol. The van der Waals surface area contributed by atoms with Gasteiger partial charge in [0.1, 0.15) is 11.5 Å². The number of hydrogen-bond acceptors (Lipinski definition) is 3. The molecule has 2 N–H and O–H groups in total. The largest absolute Gasteiger partial charge is 0.478 e. The van der Waals surface area contributed by atoms with E-state index in [1.807, 2.05) is 0 Å². The summed E-state index contributed by atoms with van der Waals surface area (Å²) in [6.07, 6.45) is 0. The van der Waals surface area contributed by atoms with Gasteiger partial charge in [-0.1, -0.05) is 23.2 Å². The van der Waals surface area contributed by atoms with Crippen LogP contribution in [0, 0.1) is 13.8 Å². The van der Waals surface area contributed by atoms with E-state index < -0.39 is 11.9 Å². The summed E-state index contributed by atoms with van der Waals surface area (Å²) < 4.78 is 5.27. The normalized spacial score (nSPS) is 10.5. The molecule has 0 saturated carbocycles. The van der Waals surface area contributed by atoms with E-state index in [1.54, 1.807) is 19.9 Å². The van der Waals surface area contributed by atoms with E-state index in [1.165, 1.54) is 12.1 Å². The SMILES string of the molecule is Cc1cc(C(=O)Nc2c(Cl)cc(Cl)cc2C(=O)O)c(C)o1. The van der Waals surface area contributed by atoms with Gasteiger partial charge < -0.3 is 14.8 Å². The minimum absolute atomic E-state index is 0.00294. The van der Waals surface area contributed by atoms with Gasteiger partial charge in [0, 0.05) is 5.02 Å². The number of furan rings is 1. The highest BCUT2D eigenvalue weighted by Crippen LogP contribution is 2.31. The van der Waals surface area contributed by atoms with Crippen LogP contribution in [-0.4, -0.2) is 17.0 Å². The van der Waals surface area contributed by atoms with Gasteiger partial charge in [0.15, 0.2) is 0 Å². The molecule has 0 fully saturated rings. The van der Waals surface area contributed by atoms with Gasteiger partial charge in [0.2, 0.25) is 0 Å². The zero-order chi connectivity index (χ0) is 15.7. The van der Waals surface area contributed by atoms with Gasteiger partial charge in [-0.2, -0.15) is 0 Å². The summed E-state index contributed by atoms with van der Waals surface area (Å²) in [6, 6.07) is 4.15. The molecule has 1 amide bonds.